The van der Waals surface area contributed by atoms with Gasteiger partial charge >= 0.3 is 5.97 Å². The Morgan fingerprint density at radius 2 is 1.91 bits per heavy atom. The van der Waals surface area contributed by atoms with E-state index >= 15 is 0 Å². The summed E-state index contributed by atoms with van der Waals surface area (Å²) in [5, 5.41) is 13.4. The van der Waals surface area contributed by atoms with E-state index in [1.54, 1.807) is 10.9 Å². The third kappa shape index (κ3) is 2.72. The van der Waals surface area contributed by atoms with E-state index in [1.165, 1.54) is 32.0 Å². The summed E-state index contributed by atoms with van der Waals surface area (Å²) in [5.74, 6) is -1.44. The molecular weight excluding hydrogens is 282 g/mol. The molecule has 0 saturated carbocycles. The van der Waals surface area contributed by atoms with Crippen LogP contribution in [0.1, 0.15) is 29.8 Å². The van der Waals surface area contributed by atoms with Crippen molar-refractivity contribution in [3.63, 3.8) is 0 Å². The lowest BCUT2D eigenvalue weighted by molar-refractivity contribution is -0.147. The molecule has 116 valence electrons. The van der Waals surface area contributed by atoms with Crippen molar-refractivity contribution in [1.29, 1.82) is 0 Å². The summed E-state index contributed by atoms with van der Waals surface area (Å²) in [7, 11) is 1.47. The molecule has 1 amide bonds. The van der Waals surface area contributed by atoms with Gasteiger partial charge in [0.05, 0.1) is 17.4 Å². The van der Waals surface area contributed by atoms with Crippen LogP contribution in [-0.4, -0.2) is 44.3 Å². The molecule has 0 unspecified atom stereocenters. The van der Waals surface area contributed by atoms with Crippen LogP contribution in [0.25, 0.3) is 5.69 Å². The molecule has 1 aromatic heterocycles. The molecule has 0 saturated heterocycles. The van der Waals surface area contributed by atoms with Gasteiger partial charge in [-0.15, -0.1) is 0 Å². The summed E-state index contributed by atoms with van der Waals surface area (Å²) < 4.78 is 1.62. The molecule has 0 aliphatic carbocycles. The third-order valence-corrected chi connectivity index (χ3v) is 3.86. The summed E-state index contributed by atoms with van der Waals surface area (Å²) in [4.78, 5) is 24.9. The molecule has 2 aromatic rings. The van der Waals surface area contributed by atoms with Gasteiger partial charge < -0.3 is 10.0 Å². The standard InChI is InChI=1S/C16H19N3O3/c1-11-7-5-6-8-13(11)19-10-12(9-17-19)14(20)18(4)16(2,3)15(21)22/h5-10H,1-4H3,(H,21,22). The highest BCUT2D eigenvalue weighted by Crippen LogP contribution is 2.18. The minimum atomic E-state index is -1.29. The van der Waals surface area contributed by atoms with E-state index in [1.807, 2.05) is 31.2 Å². The van der Waals surface area contributed by atoms with Gasteiger partial charge in [0.25, 0.3) is 5.91 Å². The first-order valence-corrected chi connectivity index (χ1v) is 6.87. The highest BCUT2D eigenvalue weighted by atomic mass is 16.4. The van der Waals surface area contributed by atoms with Crippen molar-refractivity contribution < 1.29 is 14.7 Å². The number of nitrogens with zero attached hydrogens (tertiary/aromatic N) is 3. The SMILES string of the molecule is Cc1ccccc1-n1cc(C(=O)N(C)C(C)(C)C(=O)O)cn1. The van der Waals surface area contributed by atoms with Gasteiger partial charge in [-0.3, -0.25) is 4.79 Å². The predicted octanol–water partition coefficient (Wildman–Crippen LogP) is 2.12. The Bertz CT molecular complexity index is 719. The lowest BCUT2D eigenvalue weighted by atomic mass is 10.0. The zero-order chi connectivity index (χ0) is 16.5. The number of carbonyl (C=O) groups excluding carboxylic acids is 1. The first kappa shape index (κ1) is 15.8. The number of likely N-dealkylation sites (N-methyl/N-ethyl adjacent to an activating group) is 1. The largest absolute Gasteiger partial charge is 0.480 e. The highest BCUT2D eigenvalue weighted by Gasteiger charge is 2.36. The van der Waals surface area contributed by atoms with E-state index in [2.05, 4.69) is 5.10 Å². The Morgan fingerprint density at radius 3 is 2.50 bits per heavy atom. The van der Waals surface area contributed by atoms with Crippen molar-refractivity contribution in [2.45, 2.75) is 26.3 Å². The van der Waals surface area contributed by atoms with Crippen LogP contribution in [0, 0.1) is 6.92 Å². The Kier molecular flexibility index (Phi) is 4.03. The number of hydrogen-bond acceptors (Lipinski definition) is 3. The molecule has 0 spiro atoms. The van der Waals surface area contributed by atoms with Gasteiger partial charge in [0.2, 0.25) is 0 Å². The average molecular weight is 301 g/mol. The van der Waals surface area contributed by atoms with Crippen molar-refractivity contribution in [1.82, 2.24) is 14.7 Å². The smallest absolute Gasteiger partial charge is 0.329 e. The number of hydrogen-bond donors (Lipinski definition) is 1. The zero-order valence-corrected chi connectivity index (χ0v) is 13.1. The van der Waals surface area contributed by atoms with E-state index in [9.17, 15) is 14.7 Å². The Balaban J connectivity index is 2.31. The molecule has 0 bridgehead atoms. The second kappa shape index (κ2) is 5.63. The quantitative estimate of drug-likeness (QED) is 0.938. The van der Waals surface area contributed by atoms with Gasteiger partial charge in [0.1, 0.15) is 5.54 Å². The summed E-state index contributed by atoms with van der Waals surface area (Å²) in [6, 6.07) is 7.68. The van der Waals surface area contributed by atoms with Crippen molar-refractivity contribution in [3.8, 4) is 5.69 Å². The fraction of sp³-hybridized carbons (Fsp3) is 0.312. The van der Waals surface area contributed by atoms with E-state index < -0.39 is 11.5 Å². The second-order valence-electron chi connectivity index (χ2n) is 5.69. The van der Waals surface area contributed by atoms with Crippen LogP contribution in [0.3, 0.4) is 0 Å². The van der Waals surface area contributed by atoms with Crippen LogP contribution in [0.5, 0.6) is 0 Å². The van der Waals surface area contributed by atoms with Crippen LogP contribution in [0.4, 0.5) is 0 Å². The molecule has 6 heteroatoms. The number of carboxylic acids is 1. The van der Waals surface area contributed by atoms with Crippen molar-refractivity contribution in [2.75, 3.05) is 7.05 Å². The monoisotopic (exact) mass is 301 g/mol. The highest BCUT2D eigenvalue weighted by molar-refractivity contribution is 5.97. The molecule has 1 aromatic carbocycles. The van der Waals surface area contributed by atoms with Crippen LogP contribution < -0.4 is 0 Å². The van der Waals surface area contributed by atoms with Crippen LogP contribution >= 0.6 is 0 Å². The molecule has 6 nitrogen and oxygen atoms in total. The Hall–Kier alpha value is -2.63. The number of aryl methyl sites for hydroxylation is 1. The van der Waals surface area contributed by atoms with Crippen LogP contribution in [0.2, 0.25) is 0 Å². The van der Waals surface area contributed by atoms with Crippen molar-refractivity contribution in [2.24, 2.45) is 0 Å². The number of carbonyl (C=O) groups is 2. The first-order chi connectivity index (χ1) is 10.2. The summed E-state index contributed by atoms with van der Waals surface area (Å²) in [6.45, 7) is 4.93. The number of rotatable bonds is 4. The fourth-order valence-electron chi connectivity index (χ4n) is 1.98. The van der Waals surface area contributed by atoms with E-state index in [0.29, 0.717) is 5.56 Å². The predicted molar refractivity (Wildman–Crippen MR) is 82.1 cm³/mol. The molecule has 0 aliphatic rings. The van der Waals surface area contributed by atoms with Crippen LogP contribution in [0.15, 0.2) is 36.7 Å². The van der Waals surface area contributed by atoms with Crippen molar-refractivity contribution in [3.05, 3.63) is 47.8 Å². The van der Waals surface area contributed by atoms with Crippen molar-refractivity contribution >= 4 is 11.9 Å². The number of para-hydroxylation sites is 1. The maximum absolute atomic E-state index is 12.4. The molecule has 0 radical (unpaired) electrons. The van der Waals surface area contributed by atoms with Gasteiger partial charge in [-0.1, -0.05) is 18.2 Å². The first-order valence-electron chi connectivity index (χ1n) is 6.87. The number of amides is 1. The summed E-state index contributed by atoms with van der Waals surface area (Å²) in [5.41, 5.74) is 0.965. The summed E-state index contributed by atoms with van der Waals surface area (Å²) >= 11 is 0. The Morgan fingerprint density at radius 1 is 1.27 bits per heavy atom. The fourth-order valence-corrected chi connectivity index (χ4v) is 1.98. The van der Waals surface area contributed by atoms with E-state index in [4.69, 9.17) is 0 Å². The number of benzene rings is 1. The third-order valence-electron chi connectivity index (χ3n) is 3.86. The van der Waals surface area contributed by atoms with Gasteiger partial charge in [-0.2, -0.15) is 5.10 Å². The molecule has 22 heavy (non-hydrogen) atoms. The zero-order valence-electron chi connectivity index (χ0n) is 13.1. The number of carboxylic acid groups (broad SMARTS) is 1. The van der Waals surface area contributed by atoms with Gasteiger partial charge in [0.15, 0.2) is 0 Å². The minimum Gasteiger partial charge on any atom is -0.480 e. The Labute approximate surface area is 129 Å². The second-order valence-corrected chi connectivity index (χ2v) is 5.69. The molecule has 0 fully saturated rings. The molecule has 2 rings (SSSR count). The number of aromatic nitrogens is 2. The van der Waals surface area contributed by atoms with Gasteiger partial charge in [-0.05, 0) is 32.4 Å². The lowest BCUT2D eigenvalue weighted by Crippen LogP contribution is -2.50. The van der Waals surface area contributed by atoms with Gasteiger partial charge in [0, 0.05) is 13.2 Å². The molecule has 1 heterocycles. The summed E-state index contributed by atoms with van der Waals surface area (Å²) in [6.07, 6.45) is 3.06. The molecular formula is C16H19N3O3. The average Bonchev–Trinajstić information content (AvgIpc) is 2.95. The maximum atomic E-state index is 12.4. The van der Waals surface area contributed by atoms with E-state index in [0.717, 1.165) is 11.3 Å². The van der Waals surface area contributed by atoms with E-state index in [-0.39, 0.29) is 5.91 Å². The molecule has 1 N–H and O–H groups in total. The molecule has 0 atom stereocenters. The van der Waals surface area contributed by atoms with Gasteiger partial charge in [-0.25, -0.2) is 9.48 Å². The maximum Gasteiger partial charge on any atom is 0.329 e. The normalized spacial score (nSPS) is 11.3. The number of aliphatic carboxylic acids is 1. The minimum absolute atomic E-state index is 0.347. The topological polar surface area (TPSA) is 75.4 Å². The van der Waals surface area contributed by atoms with Crippen LogP contribution in [-0.2, 0) is 4.79 Å². The molecule has 0 aliphatic heterocycles. The lowest BCUT2D eigenvalue weighted by Gasteiger charge is -2.31.